The van der Waals surface area contributed by atoms with Gasteiger partial charge in [0.25, 0.3) is 0 Å². The molecule has 7 heteroatoms. The van der Waals surface area contributed by atoms with Crippen LogP contribution in [-0.2, 0) is 9.53 Å². The second-order valence-corrected chi connectivity index (χ2v) is 8.02. The second-order valence-electron chi connectivity index (χ2n) is 8.02. The molecule has 6 N–H and O–H groups in total. The molecular weight excluding hydrogens is 318 g/mol. The Kier molecular flexibility index (Phi) is 7.96. The SMILES string of the molecule is CC(C)CCOC(=O)[C@@H]1CC2C[C@@H](CC/C(N)=N/NN)CC[C@H]2CN1. The van der Waals surface area contributed by atoms with Crippen LogP contribution in [0.3, 0.4) is 0 Å². The molecule has 2 rings (SSSR count). The van der Waals surface area contributed by atoms with Gasteiger partial charge in [-0.05, 0) is 62.3 Å². The van der Waals surface area contributed by atoms with Crippen molar-refractivity contribution in [1.82, 2.24) is 10.9 Å². The number of hydrogen-bond donors (Lipinski definition) is 4. The third-order valence-electron chi connectivity index (χ3n) is 5.65. The normalized spacial score (nSPS) is 30.0. The Balaban J connectivity index is 1.77. The van der Waals surface area contributed by atoms with Gasteiger partial charge in [-0.2, -0.15) is 5.10 Å². The van der Waals surface area contributed by atoms with Crippen molar-refractivity contribution in [3.8, 4) is 0 Å². The molecule has 2 aliphatic rings. The fourth-order valence-electron chi connectivity index (χ4n) is 4.09. The molecule has 0 aromatic carbocycles. The molecule has 1 heterocycles. The van der Waals surface area contributed by atoms with E-state index in [1.54, 1.807) is 0 Å². The summed E-state index contributed by atoms with van der Waals surface area (Å²) in [5.41, 5.74) is 8.04. The molecule has 1 unspecified atom stereocenters. The molecule has 1 aliphatic heterocycles. The Morgan fingerprint density at radius 1 is 1.32 bits per heavy atom. The van der Waals surface area contributed by atoms with Gasteiger partial charge in [0.15, 0.2) is 0 Å². The highest BCUT2D eigenvalue weighted by Gasteiger charge is 2.38. The molecule has 0 aromatic rings. The largest absolute Gasteiger partial charge is 0.465 e. The van der Waals surface area contributed by atoms with E-state index in [4.69, 9.17) is 16.3 Å². The highest BCUT2D eigenvalue weighted by Crippen LogP contribution is 2.40. The average molecular weight is 354 g/mol. The molecule has 1 saturated heterocycles. The summed E-state index contributed by atoms with van der Waals surface area (Å²) < 4.78 is 5.45. The number of piperidine rings is 1. The first-order valence-corrected chi connectivity index (χ1v) is 9.67. The van der Waals surface area contributed by atoms with Crippen molar-refractivity contribution < 1.29 is 9.53 Å². The maximum Gasteiger partial charge on any atom is 0.323 e. The van der Waals surface area contributed by atoms with Gasteiger partial charge in [-0.15, -0.1) is 0 Å². The van der Waals surface area contributed by atoms with E-state index in [-0.39, 0.29) is 12.0 Å². The van der Waals surface area contributed by atoms with Gasteiger partial charge in [0.2, 0.25) is 0 Å². The number of hydrazine groups is 1. The van der Waals surface area contributed by atoms with E-state index in [2.05, 4.69) is 29.8 Å². The van der Waals surface area contributed by atoms with E-state index >= 15 is 0 Å². The van der Waals surface area contributed by atoms with Crippen molar-refractivity contribution in [3.05, 3.63) is 0 Å². The van der Waals surface area contributed by atoms with E-state index in [1.165, 1.54) is 19.3 Å². The number of carbonyl (C=O) groups excluding carboxylic acids is 1. The zero-order valence-corrected chi connectivity index (χ0v) is 15.7. The first kappa shape index (κ1) is 20.0. The summed E-state index contributed by atoms with van der Waals surface area (Å²) in [7, 11) is 0. The summed E-state index contributed by atoms with van der Waals surface area (Å²) in [4.78, 5) is 12.3. The van der Waals surface area contributed by atoms with Gasteiger partial charge in [-0.1, -0.05) is 20.3 Å². The zero-order valence-electron chi connectivity index (χ0n) is 15.7. The molecule has 4 atom stereocenters. The molecule has 0 radical (unpaired) electrons. The Morgan fingerprint density at radius 2 is 2.12 bits per heavy atom. The topological polar surface area (TPSA) is 115 Å². The Morgan fingerprint density at radius 3 is 2.84 bits per heavy atom. The molecule has 7 nitrogen and oxygen atoms in total. The number of esters is 1. The van der Waals surface area contributed by atoms with E-state index < -0.39 is 0 Å². The van der Waals surface area contributed by atoms with E-state index in [0.717, 1.165) is 32.2 Å². The molecule has 144 valence electrons. The Hall–Kier alpha value is -1.34. The lowest BCUT2D eigenvalue weighted by molar-refractivity contribution is -0.148. The molecule has 0 spiro atoms. The van der Waals surface area contributed by atoms with Crippen LogP contribution in [0, 0.1) is 23.7 Å². The lowest BCUT2D eigenvalue weighted by Gasteiger charge is -2.42. The maximum atomic E-state index is 12.3. The van der Waals surface area contributed by atoms with Crippen molar-refractivity contribution in [2.45, 2.75) is 64.8 Å². The third kappa shape index (κ3) is 6.47. The number of amidine groups is 1. The number of nitrogens with zero attached hydrogens (tertiary/aromatic N) is 1. The number of nitrogens with one attached hydrogen (secondary N) is 2. The van der Waals surface area contributed by atoms with Crippen LogP contribution in [0.15, 0.2) is 5.10 Å². The molecule has 0 amide bonds. The van der Waals surface area contributed by atoms with Crippen LogP contribution in [0.25, 0.3) is 0 Å². The number of ether oxygens (including phenoxy) is 1. The van der Waals surface area contributed by atoms with Gasteiger partial charge >= 0.3 is 5.97 Å². The highest BCUT2D eigenvalue weighted by atomic mass is 16.5. The fourth-order valence-corrected chi connectivity index (χ4v) is 4.09. The number of nitrogens with two attached hydrogens (primary N) is 2. The van der Waals surface area contributed by atoms with E-state index in [0.29, 0.717) is 36.1 Å². The molecule has 25 heavy (non-hydrogen) atoms. The van der Waals surface area contributed by atoms with Gasteiger partial charge in [0.1, 0.15) is 11.9 Å². The summed E-state index contributed by atoms with van der Waals surface area (Å²) in [5, 5.41) is 7.22. The van der Waals surface area contributed by atoms with Crippen LogP contribution >= 0.6 is 0 Å². The standard InChI is InChI=1S/C18H35N5O2/c1-12(2)7-8-25-18(24)16-10-15-9-13(3-5-14(15)11-21-16)4-6-17(19)22-23-20/h12-16,21,23H,3-11,20H2,1-2H3,(H2,19,22)/t13-,14+,15?,16+/m1/s1. The minimum absolute atomic E-state index is 0.0772. The molecule has 1 aliphatic carbocycles. The quantitative estimate of drug-likeness (QED) is 0.173. The van der Waals surface area contributed by atoms with Crippen molar-refractivity contribution >= 4 is 11.8 Å². The van der Waals surface area contributed by atoms with Crippen LogP contribution in [0.5, 0.6) is 0 Å². The monoisotopic (exact) mass is 353 g/mol. The van der Waals surface area contributed by atoms with Crippen molar-refractivity contribution in [1.29, 1.82) is 0 Å². The highest BCUT2D eigenvalue weighted by molar-refractivity contribution is 5.79. The van der Waals surface area contributed by atoms with Crippen molar-refractivity contribution in [3.63, 3.8) is 0 Å². The Labute approximate surface area is 151 Å². The summed E-state index contributed by atoms with van der Waals surface area (Å²) in [6.07, 6.45) is 7.26. The van der Waals surface area contributed by atoms with Crippen LogP contribution < -0.4 is 22.4 Å². The summed E-state index contributed by atoms with van der Waals surface area (Å²) in [6, 6.07) is -0.139. The third-order valence-corrected chi connectivity index (χ3v) is 5.65. The van der Waals surface area contributed by atoms with Crippen molar-refractivity contribution in [2.75, 3.05) is 13.2 Å². The summed E-state index contributed by atoms with van der Waals surface area (Å²) in [6.45, 7) is 5.74. The maximum absolute atomic E-state index is 12.3. The Bertz CT molecular complexity index is 455. The fraction of sp³-hybridized carbons (Fsp3) is 0.889. The van der Waals surface area contributed by atoms with Crippen LogP contribution in [-0.4, -0.2) is 31.0 Å². The number of carbonyl (C=O) groups is 1. The van der Waals surface area contributed by atoms with Gasteiger partial charge in [-0.25, -0.2) is 11.4 Å². The zero-order chi connectivity index (χ0) is 18.2. The molecular formula is C18H35N5O2. The number of hydrazone groups is 1. The lowest BCUT2D eigenvalue weighted by atomic mass is 9.69. The van der Waals surface area contributed by atoms with Gasteiger partial charge in [0, 0.05) is 6.42 Å². The number of fused-ring (bicyclic) bond motifs is 1. The smallest absolute Gasteiger partial charge is 0.323 e. The molecule has 1 saturated carbocycles. The van der Waals surface area contributed by atoms with E-state index in [9.17, 15) is 4.79 Å². The summed E-state index contributed by atoms with van der Waals surface area (Å²) in [5.74, 6) is 8.14. The summed E-state index contributed by atoms with van der Waals surface area (Å²) >= 11 is 0. The van der Waals surface area contributed by atoms with Gasteiger partial charge in [-0.3, -0.25) is 4.79 Å². The van der Waals surface area contributed by atoms with Crippen LogP contribution in [0.2, 0.25) is 0 Å². The second kappa shape index (κ2) is 9.97. The van der Waals surface area contributed by atoms with Gasteiger partial charge in [0.05, 0.1) is 6.61 Å². The first-order valence-electron chi connectivity index (χ1n) is 9.67. The number of rotatable bonds is 8. The predicted octanol–water partition coefficient (Wildman–Crippen LogP) is 1.49. The van der Waals surface area contributed by atoms with Crippen LogP contribution in [0.1, 0.15) is 58.8 Å². The average Bonchev–Trinajstić information content (AvgIpc) is 2.59. The van der Waals surface area contributed by atoms with E-state index in [1.807, 2.05) is 0 Å². The van der Waals surface area contributed by atoms with Gasteiger partial charge < -0.3 is 15.8 Å². The van der Waals surface area contributed by atoms with Crippen LogP contribution in [0.4, 0.5) is 0 Å². The van der Waals surface area contributed by atoms with Crippen molar-refractivity contribution in [2.24, 2.45) is 40.3 Å². The molecule has 0 bridgehead atoms. The number of hydrogen-bond acceptors (Lipinski definition) is 6. The predicted molar refractivity (Wildman–Crippen MR) is 99.3 cm³/mol. The lowest BCUT2D eigenvalue weighted by Crippen LogP contribution is -2.50. The molecule has 2 fully saturated rings. The molecule has 0 aromatic heterocycles. The minimum Gasteiger partial charge on any atom is -0.465 e. The first-order chi connectivity index (χ1) is 12.0. The minimum atomic E-state index is -0.139.